The van der Waals surface area contributed by atoms with Crippen LogP contribution in [0.2, 0.25) is 5.15 Å². The Balaban J connectivity index is 2.28. The number of anilines is 1. The minimum Gasteiger partial charge on any atom is -0.341 e. The number of nitrogens with zero attached hydrogens (tertiary/aromatic N) is 3. The molecule has 4 heteroatoms. The fourth-order valence-corrected chi connectivity index (χ4v) is 2.53. The van der Waals surface area contributed by atoms with Gasteiger partial charge in [-0.15, -0.1) is 0 Å². The largest absolute Gasteiger partial charge is 0.341 e. The minimum absolute atomic E-state index is 0.621. The Morgan fingerprint density at radius 3 is 2.44 bits per heavy atom. The van der Waals surface area contributed by atoms with Crippen LogP contribution in [-0.4, -0.2) is 23.1 Å². The van der Waals surface area contributed by atoms with Crippen LogP contribution in [0.3, 0.4) is 0 Å². The van der Waals surface area contributed by atoms with E-state index in [9.17, 15) is 0 Å². The summed E-state index contributed by atoms with van der Waals surface area (Å²) in [4.78, 5) is 11.2. The predicted octanol–water partition coefficient (Wildman–Crippen LogP) is 2.99. The van der Waals surface area contributed by atoms with Gasteiger partial charge in [-0.2, -0.15) is 0 Å². The molecule has 1 fully saturated rings. The first-order valence-electron chi connectivity index (χ1n) is 6.00. The number of piperidine rings is 1. The molecular weight excluding hydrogens is 222 g/mol. The summed E-state index contributed by atoms with van der Waals surface area (Å²) in [5.41, 5.74) is 2.09. The third-order valence-electron chi connectivity index (χ3n) is 3.14. The first-order valence-corrected chi connectivity index (χ1v) is 6.38. The summed E-state index contributed by atoms with van der Waals surface area (Å²) >= 11 is 6.18. The quantitative estimate of drug-likeness (QED) is 0.743. The molecule has 0 aromatic carbocycles. The summed E-state index contributed by atoms with van der Waals surface area (Å²) in [5, 5.41) is 0.621. The third-order valence-corrected chi connectivity index (χ3v) is 3.46. The Bertz CT molecular complexity index is 350. The summed E-state index contributed by atoms with van der Waals surface area (Å²) in [6.07, 6.45) is 4.67. The van der Waals surface area contributed by atoms with Crippen LogP contribution in [0.4, 0.5) is 5.95 Å². The molecule has 1 aliphatic heterocycles. The summed E-state index contributed by atoms with van der Waals surface area (Å²) in [6, 6.07) is 0. The molecule has 1 saturated heterocycles. The normalized spacial score (nSPS) is 16.6. The van der Waals surface area contributed by atoms with E-state index in [0.29, 0.717) is 5.15 Å². The van der Waals surface area contributed by atoms with Gasteiger partial charge < -0.3 is 4.90 Å². The molecule has 1 aliphatic rings. The lowest BCUT2D eigenvalue weighted by Gasteiger charge is -2.27. The summed E-state index contributed by atoms with van der Waals surface area (Å²) < 4.78 is 0. The van der Waals surface area contributed by atoms with Crippen molar-refractivity contribution in [3.05, 3.63) is 16.4 Å². The Hall–Kier alpha value is -0.830. The first kappa shape index (κ1) is 11.6. The number of halogens is 1. The van der Waals surface area contributed by atoms with Gasteiger partial charge in [0.25, 0.3) is 0 Å². The van der Waals surface area contributed by atoms with Crippen molar-refractivity contribution in [3.8, 4) is 0 Å². The van der Waals surface area contributed by atoms with E-state index in [1.807, 2.05) is 6.92 Å². The molecule has 88 valence electrons. The molecule has 0 spiro atoms. The van der Waals surface area contributed by atoms with E-state index in [4.69, 9.17) is 11.6 Å². The lowest BCUT2D eigenvalue weighted by Crippen LogP contribution is -2.31. The molecule has 16 heavy (non-hydrogen) atoms. The van der Waals surface area contributed by atoms with Gasteiger partial charge in [0.15, 0.2) is 0 Å². The Kier molecular flexibility index (Phi) is 3.64. The molecule has 0 amide bonds. The minimum atomic E-state index is 0.621. The molecule has 0 radical (unpaired) electrons. The predicted molar refractivity (Wildman–Crippen MR) is 67.2 cm³/mol. The van der Waals surface area contributed by atoms with Crippen LogP contribution >= 0.6 is 11.6 Å². The van der Waals surface area contributed by atoms with Crippen molar-refractivity contribution in [2.24, 2.45) is 0 Å². The maximum atomic E-state index is 6.18. The van der Waals surface area contributed by atoms with E-state index < -0.39 is 0 Å². The molecule has 0 aliphatic carbocycles. The van der Waals surface area contributed by atoms with Crippen LogP contribution in [0.25, 0.3) is 0 Å². The van der Waals surface area contributed by atoms with E-state index in [1.165, 1.54) is 19.3 Å². The highest BCUT2D eigenvalue weighted by atomic mass is 35.5. The molecule has 0 bridgehead atoms. The second-order valence-corrected chi connectivity index (χ2v) is 4.64. The van der Waals surface area contributed by atoms with Crippen molar-refractivity contribution in [1.82, 2.24) is 9.97 Å². The average molecular weight is 240 g/mol. The van der Waals surface area contributed by atoms with Crippen LogP contribution < -0.4 is 4.90 Å². The van der Waals surface area contributed by atoms with E-state index >= 15 is 0 Å². The van der Waals surface area contributed by atoms with E-state index in [2.05, 4.69) is 21.8 Å². The van der Waals surface area contributed by atoms with Gasteiger partial charge in [0.05, 0.1) is 0 Å². The Morgan fingerprint density at radius 1 is 1.19 bits per heavy atom. The van der Waals surface area contributed by atoms with Crippen LogP contribution in [-0.2, 0) is 6.42 Å². The van der Waals surface area contributed by atoms with E-state index in [-0.39, 0.29) is 0 Å². The lowest BCUT2D eigenvalue weighted by molar-refractivity contribution is 0.567. The van der Waals surface area contributed by atoms with Crippen LogP contribution in [0.5, 0.6) is 0 Å². The topological polar surface area (TPSA) is 29.0 Å². The van der Waals surface area contributed by atoms with Crippen LogP contribution in [0, 0.1) is 6.92 Å². The van der Waals surface area contributed by atoms with Crippen molar-refractivity contribution in [2.45, 2.75) is 39.5 Å². The molecule has 3 nitrogen and oxygen atoms in total. The highest BCUT2D eigenvalue weighted by molar-refractivity contribution is 6.30. The highest BCUT2D eigenvalue weighted by Gasteiger charge is 2.16. The molecule has 1 aromatic rings. The molecular formula is C12H18ClN3. The van der Waals surface area contributed by atoms with Gasteiger partial charge in [-0.05, 0) is 32.6 Å². The van der Waals surface area contributed by atoms with Crippen molar-refractivity contribution in [2.75, 3.05) is 18.0 Å². The SMILES string of the molecule is CCc1c(C)nc(N2CCCCC2)nc1Cl. The van der Waals surface area contributed by atoms with E-state index in [1.54, 1.807) is 0 Å². The number of aryl methyl sites for hydroxylation is 1. The van der Waals surface area contributed by atoms with Crippen molar-refractivity contribution in [1.29, 1.82) is 0 Å². The molecule has 2 heterocycles. The van der Waals surface area contributed by atoms with Crippen molar-refractivity contribution < 1.29 is 0 Å². The number of aromatic nitrogens is 2. The Labute approximate surface area is 102 Å². The standard InChI is InChI=1S/C12H18ClN3/c1-3-10-9(2)14-12(15-11(10)13)16-7-5-4-6-8-16/h3-8H2,1-2H3. The molecule has 0 unspecified atom stereocenters. The molecule has 0 saturated carbocycles. The second kappa shape index (κ2) is 5.00. The maximum absolute atomic E-state index is 6.18. The zero-order valence-corrected chi connectivity index (χ0v) is 10.7. The van der Waals surface area contributed by atoms with Crippen LogP contribution in [0.1, 0.15) is 37.4 Å². The van der Waals surface area contributed by atoms with Gasteiger partial charge in [0.2, 0.25) is 5.95 Å². The highest BCUT2D eigenvalue weighted by Crippen LogP contribution is 2.22. The maximum Gasteiger partial charge on any atom is 0.226 e. The summed E-state index contributed by atoms with van der Waals surface area (Å²) in [6.45, 7) is 6.21. The van der Waals surface area contributed by atoms with Gasteiger partial charge in [-0.1, -0.05) is 18.5 Å². The van der Waals surface area contributed by atoms with E-state index in [0.717, 1.165) is 36.7 Å². The molecule has 2 rings (SSSR count). The lowest BCUT2D eigenvalue weighted by atomic mass is 10.1. The zero-order valence-electron chi connectivity index (χ0n) is 9.96. The summed E-state index contributed by atoms with van der Waals surface area (Å²) in [5.74, 6) is 0.805. The van der Waals surface area contributed by atoms with Gasteiger partial charge in [0, 0.05) is 24.3 Å². The summed E-state index contributed by atoms with van der Waals surface area (Å²) in [7, 11) is 0. The van der Waals surface area contributed by atoms with Crippen molar-refractivity contribution in [3.63, 3.8) is 0 Å². The van der Waals surface area contributed by atoms with Crippen LogP contribution in [0.15, 0.2) is 0 Å². The monoisotopic (exact) mass is 239 g/mol. The molecule has 0 N–H and O–H groups in total. The molecule has 1 aromatic heterocycles. The smallest absolute Gasteiger partial charge is 0.226 e. The third kappa shape index (κ3) is 2.29. The van der Waals surface area contributed by atoms with Gasteiger partial charge >= 0.3 is 0 Å². The fraction of sp³-hybridized carbons (Fsp3) is 0.667. The Morgan fingerprint density at radius 2 is 1.88 bits per heavy atom. The number of hydrogen-bond acceptors (Lipinski definition) is 3. The number of rotatable bonds is 2. The molecule has 0 atom stereocenters. The zero-order chi connectivity index (χ0) is 11.5. The fourth-order valence-electron chi connectivity index (χ4n) is 2.18. The second-order valence-electron chi connectivity index (χ2n) is 4.28. The van der Waals surface area contributed by atoms with Gasteiger partial charge in [-0.25, -0.2) is 9.97 Å². The van der Waals surface area contributed by atoms with Crippen molar-refractivity contribution >= 4 is 17.5 Å². The number of hydrogen-bond donors (Lipinski definition) is 0. The average Bonchev–Trinajstić information content (AvgIpc) is 2.30. The van der Waals surface area contributed by atoms with Gasteiger partial charge in [-0.3, -0.25) is 0 Å². The first-order chi connectivity index (χ1) is 7.72. The van der Waals surface area contributed by atoms with Gasteiger partial charge in [0.1, 0.15) is 5.15 Å².